The molecule has 0 aromatic rings. The number of amides is 1. The van der Waals surface area contributed by atoms with Gasteiger partial charge in [0.1, 0.15) is 0 Å². The molecule has 0 rings (SSSR count). The molecule has 5 heteroatoms. The van der Waals surface area contributed by atoms with E-state index < -0.39 is 0 Å². The Labute approximate surface area is 105 Å². The van der Waals surface area contributed by atoms with E-state index in [0.29, 0.717) is 6.04 Å². The van der Waals surface area contributed by atoms with Crippen LogP contribution in [0.4, 0.5) is 0 Å². The van der Waals surface area contributed by atoms with Gasteiger partial charge in [-0.25, -0.2) is 5.84 Å². The molecule has 3 N–H and O–H groups in total. The van der Waals surface area contributed by atoms with Crippen molar-refractivity contribution < 1.29 is 4.79 Å². The van der Waals surface area contributed by atoms with Gasteiger partial charge in [-0.3, -0.25) is 15.1 Å². The standard InChI is InChI=1S/C12H28N4O/c1-7-16(9(2)8-15(5)6)11(4)10(3)12(17)14-13/h9-11H,7-8,13H2,1-6H3,(H,14,17). The van der Waals surface area contributed by atoms with E-state index in [1.807, 2.05) is 6.92 Å². The van der Waals surface area contributed by atoms with Crippen LogP contribution in [0.3, 0.4) is 0 Å². The smallest absolute Gasteiger partial charge is 0.238 e. The van der Waals surface area contributed by atoms with E-state index in [4.69, 9.17) is 5.84 Å². The quantitative estimate of drug-likeness (QED) is 0.383. The Bertz CT molecular complexity index is 233. The molecular weight excluding hydrogens is 216 g/mol. The van der Waals surface area contributed by atoms with Crippen molar-refractivity contribution >= 4 is 5.91 Å². The second-order valence-corrected chi connectivity index (χ2v) is 4.98. The zero-order chi connectivity index (χ0) is 13.6. The Morgan fingerprint density at radius 2 is 1.82 bits per heavy atom. The van der Waals surface area contributed by atoms with Crippen LogP contribution < -0.4 is 11.3 Å². The first-order chi connectivity index (χ1) is 7.84. The summed E-state index contributed by atoms with van der Waals surface area (Å²) in [6.07, 6.45) is 0. The van der Waals surface area contributed by atoms with Crippen LogP contribution in [-0.4, -0.2) is 55.0 Å². The summed E-state index contributed by atoms with van der Waals surface area (Å²) in [5.41, 5.74) is 2.23. The van der Waals surface area contributed by atoms with E-state index in [-0.39, 0.29) is 17.9 Å². The number of carbonyl (C=O) groups is 1. The Morgan fingerprint density at radius 1 is 1.29 bits per heavy atom. The Hall–Kier alpha value is -0.650. The van der Waals surface area contributed by atoms with Gasteiger partial charge in [-0.2, -0.15) is 0 Å². The maximum Gasteiger partial charge on any atom is 0.238 e. The van der Waals surface area contributed by atoms with Gasteiger partial charge in [0.2, 0.25) is 5.91 Å². The lowest BCUT2D eigenvalue weighted by Gasteiger charge is -2.37. The molecule has 0 spiro atoms. The van der Waals surface area contributed by atoms with Gasteiger partial charge in [-0.15, -0.1) is 0 Å². The summed E-state index contributed by atoms with van der Waals surface area (Å²) < 4.78 is 0. The van der Waals surface area contributed by atoms with Crippen LogP contribution in [0.1, 0.15) is 27.7 Å². The number of hydrogen-bond donors (Lipinski definition) is 2. The van der Waals surface area contributed by atoms with Gasteiger partial charge < -0.3 is 4.90 Å². The van der Waals surface area contributed by atoms with E-state index in [1.165, 1.54) is 0 Å². The van der Waals surface area contributed by atoms with Crippen molar-refractivity contribution in [2.75, 3.05) is 27.2 Å². The van der Waals surface area contributed by atoms with E-state index in [2.05, 4.69) is 50.1 Å². The van der Waals surface area contributed by atoms with Crippen molar-refractivity contribution in [2.45, 2.75) is 39.8 Å². The van der Waals surface area contributed by atoms with E-state index in [0.717, 1.165) is 13.1 Å². The Kier molecular flexibility index (Phi) is 7.34. The molecule has 0 aliphatic heterocycles. The average Bonchev–Trinajstić information content (AvgIpc) is 2.26. The number of hydrazine groups is 1. The van der Waals surface area contributed by atoms with Gasteiger partial charge >= 0.3 is 0 Å². The van der Waals surface area contributed by atoms with E-state index >= 15 is 0 Å². The molecule has 3 unspecified atom stereocenters. The molecular formula is C12H28N4O. The number of hydrogen-bond acceptors (Lipinski definition) is 4. The summed E-state index contributed by atoms with van der Waals surface area (Å²) >= 11 is 0. The molecule has 5 nitrogen and oxygen atoms in total. The summed E-state index contributed by atoms with van der Waals surface area (Å²) in [5, 5.41) is 0. The van der Waals surface area contributed by atoms with Crippen LogP contribution >= 0.6 is 0 Å². The van der Waals surface area contributed by atoms with Crippen molar-refractivity contribution in [3.63, 3.8) is 0 Å². The second-order valence-electron chi connectivity index (χ2n) is 4.98. The van der Waals surface area contributed by atoms with Gasteiger partial charge in [0.05, 0.1) is 5.92 Å². The van der Waals surface area contributed by atoms with Crippen molar-refractivity contribution in [3.05, 3.63) is 0 Å². The first kappa shape index (κ1) is 16.4. The summed E-state index contributed by atoms with van der Waals surface area (Å²) in [6.45, 7) is 10.2. The first-order valence-electron chi connectivity index (χ1n) is 6.26. The van der Waals surface area contributed by atoms with Crippen LogP contribution in [0.2, 0.25) is 0 Å². The minimum absolute atomic E-state index is 0.104. The summed E-state index contributed by atoms with van der Waals surface area (Å²) in [5.74, 6) is 4.97. The predicted molar refractivity (Wildman–Crippen MR) is 71.4 cm³/mol. The maximum atomic E-state index is 11.5. The minimum Gasteiger partial charge on any atom is -0.308 e. The molecule has 0 aromatic carbocycles. The molecule has 17 heavy (non-hydrogen) atoms. The van der Waals surface area contributed by atoms with Crippen molar-refractivity contribution in [3.8, 4) is 0 Å². The number of likely N-dealkylation sites (N-methyl/N-ethyl adjacent to an activating group) is 2. The number of nitrogens with two attached hydrogens (primary N) is 1. The lowest BCUT2D eigenvalue weighted by molar-refractivity contribution is -0.126. The highest BCUT2D eigenvalue weighted by atomic mass is 16.2. The third-order valence-corrected chi connectivity index (χ3v) is 3.36. The van der Waals surface area contributed by atoms with Crippen LogP contribution in [0.5, 0.6) is 0 Å². The second kappa shape index (κ2) is 7.63. The average molecular weight is 244 g/mol. The molecule has 0 aliphatic carbocycles. The molecule has 102 valence electrons. The summed E-state index contributed by atoms with van der Waals surface area (Å²) in [6, 6.07) is 0.594. The molecule has 0 aromatic heterocycles. The van der Waals surface area contributed by atoms with E-state index in [9.17, 15) is 4.79 Å². The third-order valence-electron chi connectivity index (χ3n) is 3.36. The maximum absolute atomic E-state index is 11.5. The van der Waals surface area contributed by atoms with Crippen LogP contribution in [0.15, 0.2) is 0 Å². The lowest BCUT2D eigenvalue weighted by Crippen LogP contribution is -2.51. The van der Waals surface area contributed by atoms with Crippen LogP contribution in [0, 0.1) is 5.92 Å². The molecule has 1 amide bonds. The minimum atomic E-state index is -0.107. The van der Waals surface area contributed by atoms with Gasteiger partial charge in [0, 0.05) is 18.6 Å². The number of carbonyl (C=O) groups excluding carboxylic acids is 1. The largest absolute Gasteiger partial charge is 0.308 e. The Morgan fingerprint density at radius 3 is 2.18 bits per heavy atom. The number of nitrogens with one attached hydrogen (secondary N) is 1. The van der Waals surface area contributed by atoms with Gasteiger partial charge in [-0.05, 0) is 34.5 Å². The highest BCUT2D eigenvalue weighted by Crippen LogP contribution is 2.14. The first-order valence-corrected chi connectivity index (χ1v) is 6.26. The molecule has 0 radical (unpaired) electrons. The SMILES string of the molecule is CCN(C(C)CN(C)C)C(C)C(C)C(=O)NN. The summed E-state index contributed by atoms with van der Waals surface area (Å²) in [7, 11) is 4.12. The van der Waals surface area contributed by atoms with Crippen molar-refractivity contribution in [1.82, 2.24) is 15.2 Å². The monoisotopic (exact) mass is 244 g/mol. The molecule has 3 atom stereocenters. The molecule has 0 aliphatic rings. The zero-order valence-electron chi connectivity index (χ0n) is 12.0. The van der Waals surface area contributed by atoms with Crippen molar-refractivity contribution in [2.24, 2.45) is 11.8 Å². The molecule has 0 bridgehead atoms. The molecule has 0 saturated carbocycles. The van der Waals surface area contributed by atoms with Crippen LogP contribution in [0.25, 0.3) is 0 Å². The fourth-order valence-electron chi connectivity index (χ4n) is 2.27. The fraction of sp³-hybridized carbons (Fsp3) is 0.917. The fourth-order valence-corrected chi connectivity index (χ4v) is 2.27. The highest BCUT2D eigenvalue weighted by molar-refractivity contribution is 5.78. The highest BCUT2D eigenvalue weighted by Gasteiger charge is 2.27. The predicted octanol–water partition coefficient (Wildman–Crippen LogP) is 0.273. The number of nitrogens with zero attached hydrogens (tertiary/aromatic N) is 2. The zero-order valence-corrected chi connectivity index (χ0v) is 12.0. The molecule has 0 fully saturated rings. The third kappa shape index (κ3) is 5.02. The van der Waals surface area contributed by atoms with Gasteiger partial charge in [0.25, 0.3) is 0 Å². The topological polar surface area (TPSA) is 61.6 Å². The normalized spacial score (nSPS) is 17.0. The van der Waals surface area contributed by atoms with Gasteiger partial charge in [-0.1, -0.05) is 13.8 Å². The molecule has 0 saturated heterocycles. The summed E-state index contributed by atoms with van der Waals surface area (Å²) in [4.78, 5) is 16.0. The number of rotatable bonds is 7. The van der Waals surface area contributed by atoms with Crippen molar-refractivity contribution in [1.29, 1.82) is 0 Å². The van der Waals surface area contributed by atoms with Gasteiger partial charge in [0.15, 0.2) is 0 Å². The molecule has 0 heterocycles. The van der Waals surface area contributed by atoms with Crippen LogP contribution in [-0.2, 0) is 4.79 Å². The Balaban J connectivity index is 4.58. The lowest BCUT2D eigenvalue weighted by atomic mass is 9.99. The van der Waals surface area contributed by atoms with E-state index in [1.54, 1.807) is 0 Å².